The maximum absolute atomic E-state index is 11.3. The molecular formula is C12H13N3O3. The largest absolute Gasteiger partial charge is 0.352 e. The van der Waals surface area contributed by atoms with Gasteiger partial charge in [0.25, 0.3) is 0 Å². The lowest BCUT2D eigenvalue weighted by atomic mass is 10.2. The molecule has 0 atom stereocenters. The molecule has 0 saturated carbocycles. The number of aromatic amines is 2. The summed E-state index contributed by atoms with van der Waals surface area (Å²) in [4.78, 5) is 38.4. The summed E-state index contributed by atoms with van der Waals surface area (Å²) in [5.41, 5.74) is 2.01. The minimum absolute atomic E-state index is 0.108. The summed E-state index contributed by atoms with van der Waals surface area (Å²) in [6, 6.07) is 5.35. The van der Waals surface area contributed by atoms with Gasteiger partial charge in [0.1, 0.15) is 5.78 Å². The Morgan fingerprint density at radius 3 is 2.67 bits per heavy atom. The smallest absolute Gasteiger partial charge is 0.323 e. The molecule has 1 amide bonds. The Morgan fingerprint density at radius 1 is 1.22 bits per heavy atom. The summed E-state index contributed by atoms with van der Waals surface area (Å²) < 4.78 is 0. The number of nitrogens with one attached hydrogen (secondary N) is 3. The number of aromatic nitrogens is 2. The van der Waals surface area contributed by atoms with Crippen molar-refractivity contribution in [3.63, 3.8) is 0 Å². The first-order valence-electron chi connectivity index (χ1n) is 5.51. The monoisotopic (exact) mass is 247 g/mol. The number of H-pyrrole nitrogens is 2. The Bertz CT molecular complexity index is 654. The van der Waals surface area contributed by atoms with Crippen LogP contribution in [0.5, 0.6) is 0 Å². The van der Waals surface area contributed by atoms with Gasteiger partial charge < -0.3 is 15.3 Å². The zero-order chi connectivity index (χ0) is 13.1. The van der Waals surface area contributed by atoms with E-state index in [9.17, 15) is 14.4 Å². The van der Waals surface area contributed by atoms with E-state index in [1.807, 2.05) is 0 Å². The molecule has 0 bridgehead atoms. The second-order valence-corrected chi connectivity index (χ2v) is 4.11. The first-order valence-corrected chi connectivity index (χ1v) is 5.51. The lowest BCUT2D eigenvalue weighted by molar-refractivity contribution is -0.127. The number of rotatable bonds is 4. The van der Waals surface area contributed by atoms with Gasteiger partial charge >= 0.3 is 5.69 Å². The van der Waals surface area contributed by atoms with Crippen LogP contribution in [0.15, 0.2) is 23.0 Å². The average Bonchev–Trinajstić information content (AvgIpc) is 2.64. The third-order valence-corrected chi connectivity index (χ3v) is 2.48. The van der Waals surface area contributed by atoms with Crippen molar-refractivity contribution < 1.29 is 9.59 Å². The SMILES string of the molecule is CC(=O)CC(=O)NCc1ccc2[nH]c(=O)[nH]c2c1. The minimum atomic E-state index is -0.301. The van der Waals surface area contributed by atoms with E-state index < -0.39 is 0 Å². The number of carbonyl (C=O) groups excluding carboxylic acids is 2. The predicted molar refractivity (Wildman–Crippen MR) is 66.1 cm³/mol. The highest BCUT2D eigenvalue weighted by molar-refractivity contribution is 5.96. The number of Topliss-reactive ketones (excluding diaryl/α,β-unsaturated/α-hetero) is 1. The molecule has 0 aliphatic carbocycles. The van der Waals surface area contributed by atoms with Crippen molar-refractivity contribution in [1.82, 2.24) is 15.3 Å². The van der Waals surface area contributed by atoms with Gasteiger partial charge in [-0.05, 0) is 24.6 Å². The van der Waals surface area contributed by atoms with Gasteiger partial charge in [-0.2, -0.15) is 0 Å². The van der Waals surface area contributed by atoms with Gasteiger partial charge in [0.2, 0.25) is 5.91 Å². The lowest BCUT2D eigenvalue weighted by Gasteiger charge is -2.04. The highest BCUT2D eigenvalue weighted by Crippen LogP contribution is 2.09. The highest BCUT2D eigenvalue weighted by atomic mass is 16.2. The predicted octanol–water partition coefficient (Wildman–Crippen LogP) is 0.451. The van der Waals surface area contributed by atoms with Crippen molar-refractivity contribution >= 4 is 22.7 Å². The topological polar surface area (TPSA) is 94.8 Å². The summed E-state index contributed by atoms with van der Waals surface area (Å²) in [6.45, 7) is 1.70. The molecule has 18 heavy (non-hydrogen) atoms. The van der Waals surface area contributed by atoms with Gasteiger partial charge in [0, 0.05) is 6.54 Å². The third kappa shape index (κ3) is 2.85. The van der Waals surface area contributed by atoms with Gasteiger partial charge in [-0.1, -0.05) is 6.07 Å². The molecule has 1 aromatic carbocycles. The van der Waals surface area contributed by atoms with Gasteiger partial charge in [-0.3, -0.25) is 9.59 Å². The fourth-order valence-electron chi connectivity index (χ4n) is 1.68. The fourth-order valence-corrected chi connectivity index (χ4v) is 1.68. The normalized spacial score (nSPS) is 10.5. The first-order chi connectivity index (χ1) is 8.54. The number of ketones is 1. The molecule has 0 fully saturated rings. The van der Waals surface area contributed by atoms with Crippen molar-refractivity contribution in [3.8, 4) is 0 Å². The van der Waals surface area contributed by atoms with Crippen LogP contribution in [0, 0.1) is 0 Å². The molecule has 0 unspecified atom stereocenters. The number of imidazole rings is 1. The molecule has 1 aromatic heterocycles. The Morgan fingerprint density at radius 2 is 1.94 bits per heavy atom. The minimum Gasteiger partial charge on any atom is -0.352 e. The molecule has 94 valence electrons. The van der Waals surface area contributed by atoms with Crippen molar-refractivity contribution in [2.75, 3.05) is 0 Å². The molecular weight excluding hydrogens is 234 g/mol. The van der Waals surface area contributed by atoms with Crippen LogP contribution < -0.4 is 11.0 Å². The number of benzene rings is 1. The van der Waals surface area contributed by atoms with E-state index in [1.165, 1.54) is 6.92 Å². The van der Waals surface area contributed by atoms with E-state index >= 15 is 0 Å². The van der Waals surface area contributed by atoms with Crippen molar-refractivity contribution in [3.05, 3.63) is 34.2 Å². The van der Waals surface area contributed by atoms with Crippen LogP contribution in [0.1, 0.15) is 18.9 Å². The second kappa shape index (κ2) is 4.87. The maximum Gasteiger partial charge on any atom is 0.323 e. The van der Waals surface area contributed by atoms with Crippen molar-refractivity contribution in [2.24, 2.45) is 0 Å². The van der Waals surface area contributed by atoms with E-state index in [0.717, 1.165) is 11.1 Å². The van der Waals surface area contributed by atoms with Crippen LogP contribution in [0.2, 0.25) is 0 Å². The van der Waals surface area contributed by atoms with E-state index in [-0.39, 0.29) is 23.8 Å². The Labute approximate surface area is 102 Å². The van der Waals surface area contributed by atoms with E-state index in [4.69, 9.17) is 0 Å². The Kier molecular flexibility index (Phi) is 3.27. The Hall–Kier alpha value is -2.37. The van der Waals surface area contributed by atoms with Crippen LogP contribution >= 0.6 is 0 Å². The van der Waals surface area contributed by atoms with Crippen LogP contribution in [0.3, 0.4) is 0 Å². The molecule has 0 saturated heterocycles. The molecule has 2 rings (SSSR count). The van der Waals surface area contributed by atoms with Crippen LogP contribution in [0.25, 0.3) is 11.0 Å². The quantitative estimate of drug-likeness (QED) is 0.684. The zero-order valence-electron chi connectivity index (χ0n) is 9.87. The first kappa shape index (κ1) is 12.1. The zero-order valence-corrected chi connectivity index (χ0v) is 9.87. The van der Waals surface area contributed by atoms with Crippen LogP contribution in [0.4, 0.5) is 0 Å². The number of fused-ring (bicyclic) bond motifs is 1. The summed E-state index contributed by atoms with van der Waals surface area (Å²) in [5.74, 6) is -0.469. The summed E-state index contributed by atoms with van der Waals surface area (Å²) in [7, 11) is 0. The van der Waals surface area contributed by atoms with Gasteiger partial charge in [0.15, 0.2) is 0 Å². The summed E-state index contributed by atoms with van der Waals surface area (Å²) >= 11 is 0. The molecule has 6 heteroatoms. The van der Waals surface area contributed by atoms with Crippen LogP contribution in [-0.2, 0) is 16.1 Å². The van der Waals surface area contributed by atoms with E-state index in [2.05, 4.69) is 15.3 Å². The molecule has 0 radical (unpaired) electrons. The maximum atomic E-state index is 11.3. The number of hydrogen-bond donors (Lipinski definition) is 3. The van der Waals surface area contributed by atoms with Crippen molar-refractivity contribution in [1.29, 1.82) is 0 Å². The molecule has 6 nitrogen and oxygen atoms in total. The molecule has 0 aliphatic rings. The van der Waals surface area contributed by atoms with Crippen molar-refractivity contribution in [2.45, 2.75) is 19.9 Å². The fraction of sp³-hybridized carbons (Fsp3) is 0.250. The van der Waals surface area contributed by atoms with Gasteiger partial charge in [-0.25, -0.2) is 4.79 Å². The number of hydrogen-bond acceptors (Lipinski definition) is 3. The standard InChI is InChI=1S/C12H13N3O3/c1-7(16)4-11(17)13-6-8-2-3-9-10(5-8)15-12(18)14-9/h2-3,5H,4,6H2,1H3,(H,13,17)(H2,14,15,18). The third-order valence-electron chi connectivity index (χ3n) is 2.48. The second-order valence-electron chi connectivity index (χ2n) is 4.11. The summed E-state index contributed by atoms with van der Waals surface area (Å²) in [6.07, 6.45) is -0.108. The lowest BCUT2D eigenvalue weighted by Crippen LogP contribution is -2.24. The molecule has 1 heterocycles. The number of amides is 1. The molecule has 3 N–H and O–H groups in total. The van der Waals surface area contributed by atoms with Gasteiger partial charge in [-0.15, -0.1) is 0 Å². The summed E-state index contributed by atoms with van der Waals surface area (Å²) in [5, 5.41) is 2.64. The molecule has 0 spiro atoms. The molecule has 2 aromatic rings. The Balaban J connectivity index is 2.05. The highest BCUT2D eigenvalue weighted by Gasteiger charge is 2.05. The van der Waals surface area contributed by atoms with Crippen LogP contribution in [-0.4, -0.2) is 21.7 Å². The van der Waals surface area contributed by atoms with Gasteiger partial charge in [0.05, 0.1) is 17.5 Å². The number of carbonyl (C=O) groups is 2. The molecule has 0 aliphatic heterocycles. The van der Waals surface area contributed by atoms with E-state index in [1.54, 1.807) is 18.2 Å². The van der Waals surface area contributed by atoms with E-state index in [0.29, 0.717) is 12.1 Å². The average molecular weight is 247 g/mol.